The Morgan fingerprint density at radius 2 is 1.82 bits per heavy atom. The van der Waals surface area contributed by atoms with E-state index in [2.05, 4.69) is 32.8 Å². The molecule has 0 saturated heterocycles. The second kappa shape index (κ2) is 7.75. The van der Waals surface area contributed by atoms with Crippen molar-refractivity contribution >= 4 is 15.7 Å². The topological polar surface area (TPSA) is 38.4 Å². The number of rotatable bonds is 1. The summed E-state index contributed by atoms with van der Waals surface area (Å²) in [6, 6.07) is 9.72. The number of hydrogen-bond acceptors (Lipinski definition) is 2. The Hall–Kier alpha value is -0.358. The first kappa shape index (κ1) is 10.6. The number of nitrogens with zero attached hydrogens (tertiary/aromatic N) is 1. The van der Waals surface area contributed by atoms with Crippen molar-refractivity contribution in [1.82, 2.24) is 0 Å². The van der Waals surface area contributed by atoms with E-state index in [-0.39, 0.29) is 0 Å². The third kappa shape index (κ3) is 4.97. The fourth-order valence-corrected chi connectivity index (χ4v) is 0.625. The van der Waals surface area contributed by atoms with Crippen LogP contribution in [0.25, 0.3) is 0 Å². The van der Waals surface area contributed by atoms with E-state index in [0.29, 0.717) is 0 Å². The Labute approximate surface area is 80.8 Å². The molecule has 0 atom stereocenters. The Balaban J connectivity index is 0.000000461. The van der Waals surface area contributed by atoms with E-state index in [1.54, 1.807) is 6.21 Å². The minimum absolute atomic E-state index is 1.03. The van der Waals surface area contributed by atoms with E-state index < -0.39 is 0 Å². The summed E-state index contributed by atoms with van der Waals surface area (Å²) in [6.45, 7) is 0. The molecule has 1 aromatic carbocycles. The summed E-state index contributed by atoms with van der Waals surface area (Å²) < 4.78 is 0. The average Bonchev–Trinajstić information content (AvgIpc) is 2.11. The van der Waals surface area contributed by atoms with Crippen LogP contribution in [0.4, 0.5) is 0 Å². The Morgan fingerprint density at radius 3 is 2.27 bits per heavy atom. The zero-order chi connectivity index (χ0) is 8.53. The summed E-state index contributed by atoms with van der Waals surface area (Å²) in [6.07, 6.45) is 1.61. The molecule has 11 heavy (non-hydrogen) atoms. The molecule has 0 unspecified atom stereocenters. The van der Waals surface area contributed by atoms with Gasteiger partial charge in [0.25, 0.3) is 0 Å². The fourth-order valence-electron chi connectivity index (χ4n) is 0.625. The molecule has 0 spiro atoms. The first-order chi connectivity index (χ1) is 5.43. The van der Waals surface area contributed by atoms with Gasteiger partial charge >= 0.3 is 27.7 Å². The van der Waals surface area contributed by atoms with Gasteiger partial charge in [0.05, 0.1) is 6.21 Å². The van der Waals surface area contributed by atoms with Gasteiger partial charge in [0.2, 0.25) is 0 Å². The fraction of sp³-hybridized carbons (Fsp3) is 0. The number of halogens is 1. The van der Waals surface area contributed by atoms with E-state index in [4.69, 9.17) is 5.84 Å². The van der Waals surface area contributed by atoms with Crippen molar-refractivity contribution in [3.05, 3.63) is 35.9 Å². The third-order valence-corrected chi connectivity index (χ3v) is 1.02. The number of benzene rings is 1. The van der Waals surface area contributed by atoms with Gasteiger partial charge in [0, 0.05) is 0 Å². The van der Waals surface area contributed by atoms with Crippen molar-refractivity contribution in [2.24, 2.45) is 10.9 Å². The summed E-state index contributed by atoms with van der Waals surface area (Å²) in [4.78, 5) is 0. The van der Waals surface area contributed by atoms with Crippen molar-refractivity contribution < 1.29 is 18.2 Å². The standard InChI is InChI=1S/C7H8N2.ClH.Pd/c8-9-6-7-4-2-1-3-5-7;;/h1-6H,8H2;1H;/q;;+1/p-1. The molecule has 0 radical (unpaired) electrons. The number of nitrogens with two attached hydrogens (primary N) is 1. The van der Waals surface area contributed by atoms with Gasteiger partial charge in [0.15, 0.2) is 0 Å². The maximum absolute atomic E-state index is 4.93. The molecular formula is C7H8ClN2Pd. The van der Waals surface area contributed by atoms with Crippen LogP contribution in [0.2, 0.25) is 0 Å². The zero-order valence-electron chi connectivity index (χ0n) is 5.68. The molecule has 0 fully saturated rings. The van der Waals surface area contributed by atoms with Gasteiger partial charge in [-0.15, -0.1) is 0 Å². The molecule has 0 amide bonds. The van der Waals surface area contributed by atoms with Gasteiger partial charge in [-0.25, -0.2) is 0 Å². The van der Waals surface area contributed by atoms with Gasteiger partial charge in [-0.3, -0.25) is 0 Å². The molecule has 0 aliphatic rings. The molecular weight excluding hydrogens is 254 g/mol. The van der Waals surface area contributed by atoms with Gasteiger partial charge in [0.1, 0.15) is 0 Å². The Bertz CT molecular complexity index is 201. The summed E-state index contributed by atoms with van der Waals surface area (Å²) in [5.74, 6) is 4.93. The summed E-state index contributed by atoms with van der Waals surface area (Å²) in [5, 5.41) is 3.38. The van der Waals surface area contributed by atoms with Gasteiger partial charge in [-0.05, 0) is 5.56 Å². The molecule has 0 heterocycles. The molecule has 0 aliphatic heterocycles. The van der Waals surface area contributed by atoms with Gasteiger partial charge in [-0.1, -0.05) is 30.3 Å². The van der Waals surface area contributed by atoms with E-state index in [0.717, 1.165) is 5.56 Å². The monoisotopic (exact) mass is 261 g/mol. The quantitative estimate of drug-likeness (QED) is 0.355. The average molecular weight is 262 g/mol. The third-order valence-electron chi connectivity index (χ3n) is 1.02. The van der Waals surface area contributed by atoms with Crippen LogP contribution in [0, 0.1) is 0 Å². The van der Waals surface area contributed by atoms with Crippen molar-refractivity contribution in [3.63, 3.8) is 0 Å². The second-order valence-electron chi connectivity index (χ2n) is 1.69. The van der Waals surface area contributed by atoms with Crippen LogP contribution in [0.5, 0.6) is 0 Å². The van der Waals surface area contributed by atoms with Crippen LogP contribution in [0.15, 0.2) is 35.4 Å². The maximum atomic E-state index is 4.93. The molecule has 0 aliphatic carbocycles. The Morgan fingerprint density at radius 1 is 1.27 bits per heavy atom. The zero-order valence-corrected chi connectivity index (χ0v) is 7.99. The van der Waals surface area contributed by atoms with E-state index in [1.807, 2.05) is 30.3 Å². The molecule has 1 aromatic rings. The molecule has 0 bridgehead atoms. The molecule has 2 nitrogen and oxygen atoms in total. The van der Waals surface area contributed by atoms with Gasteiger partial charge < -0.3 is 5.84 Å². The number of hydrogen-bond donors (Lipinski definition) is 1. The molecule has 2 N–H and O–H groups in total. The van der Waals surface area contributed by atoms with Crippen molar-refractivity contribution in [3.8, 4) is 0 Å². The van der Waals surface area contributed by atoms with Crippen LogP contribution < -0.4 is 5.84 Å². The molecule has 0 saturated carbocycles. The van der Waals surface area contributed by atoms with E-state index in [9.17, 15) is 0 Å². The van der Waals surface area contributed by atoms with E-state index >= 15 is 0 Å². The summed E-state index contributed by atoms with van der Waals surface area (Å²) in [7, 11) is 4.49. The molecule has 0 aromatic heterocycles. The minimum atomic E-state index is 1.03. The second-order valence-corrected chi connectivity index (χ2v) is 1.69. The molecule has 4 heteroatoms. The van der Waals surface area contributed by atoms with Crippen molar-refractivity contribution in [2.75, 3.05) is 0 Å². The van der Waals surface area contributed by atoms with Crippen molar-refractivity contribution in [1.29, 1.82) is 0 Å². The van der Waals surface area contributed by atoms with Crippen LogP contribution in [-0.2, 0) is 18.2 Å². The summed E-state index contributed by atoms with van der Waals surface area (Å²) >= 11 is 2.22. The first-order valence-corrected chi connectivity index (χ1v) is 4.84. The van der Waals surface area contributed by atoms with Crippen LogP contribution in [0.1, 0.15) is 5.56 Å². The van der Waals surface area contributed by atoms with Crippen LogP contribution in [-0.4, -0.2) is 6.21 Å². The number of hydrazone groups is 1. The van der Waals surface area contributed by atoms with Crippen LogP contribution in [0.3, 0.4) is 0 Å². The van der Waals surface area contributed by atoms with Gasteiger partial charge in [-0.2, -0.15) is 5.10 Å². The molecule has 63 valence electrons. The van der Waals surface area contributed by atoms with Crippen LogP contribution >= 0.6 is 9.53 Å². The summed E-state index contributed by atoms with van der Waals surface area (Å²) in [5.41, 5.74) is 1.03. The predicted octanol–water partition coefficient (Wildman–Crippen LogP) is 1.67. The van der Waals surface area contributed by atoms with Crippen molar-refractivity contribution in [2.45, 2.75) is 0 Å². The molecule has 1 rings (SSSR count). The SMILES string of the molecule is NN=Cc1ccccc1.[Cl][Pd]. The predicted molar refractivity (Wildman–Crippen MR) is 44.1 cm³/mol. The normalized spacial score (nSPS) is 9.00. The Kier molecular flexibility index (Phi) is 7.49. The first-order valence-electron chi connectivity index (χ1n) is 2.84. The van der Waals surface area contributed by atoms with E-state index in [1.165, 1.54) is 0 Å².